The Morgan fingerprint density at radius 1 is 0.980 bits per heavy atom. The van der Waals surface area contributed by atoms with Crippen LogP contribution in [0.2, 0.25) is 0 Å². The van der Waals surface area contributed by atoms with Crippen LogP contribution in [0.5, 0.6) is 5.75 Å². The van der Waals surface area contributed by atoms with Crippen molar-refractivity contribution in [1.29, 1.82) is 5.41 Å². The van der Waals surface area contributed by atoms with E-state index in [1.54, 1.807) is 63.1 Å². The Balaban J connectivity index is 1.92. The predicted octanol–water partition coefficient (Wildman–Crippen LogP) is 3.44. The monoisotopic (exact) mass is 700 g/mol. The fraction of sp³-hybridized carbons (Fsp3) is 0.556. The lowest BCUT2D eigenvalue weighted by atomic mass is 9.98. The van der Waals surface area contributed by atoms with E-state index in [9.17, 15) is 22.8 Å². The summed E-state index contributed by atoms with van der Waals surface area (Å²) >= 11 is 0. The molecule has 2 atom stereocenters. The van der Waals surface area contributed by atoms with E-state index in [-0.39, 0.29) is 41.7 Å². The molecule has 270 valence electrons. The average Bonchev–Trinajstić information content (AvgIpc) is 3.07. The van der Waals surface area contributed by atoms with Gasteiger partial charge >= 0.3 is 0 Å². The second-order valence-corrected chi connectivity index (χ2v) is 14.6. The van der Waals surface area contributed by atoms with Crippen molar-refractivity contribution in [3.63, 3.8) is 0 Å². The number of nitrogens with one attached hydrogen (secondary N) is 2. The molecule has 13 heteroatoms. The van der Waals surface area contributed by atoms with Crippen LogP contribution in [0.4, 0.5) is 0 Å². The van der Waals surface area contributed by atoms with Crippen LogP contribution in [-0.4, -0.2) is 95.7 Å². The maximum Gasteiger partial charge on any atom is 0.245 e. The van der Waals surface area contributed by atoms with Gasteiger partial charge in [-0.2, -0.15) is 0 Å². The molecule has 0 radical (unpaired) electrons. The molecule has 4 N–H and O–H groups in total. The van der Waals surface area contributed by atoms with Crippen molar-refractivity contribution in [2.45, 2.75) is 76.7 Å². The van der Waals surface area contributed by atoms with E-state index in [0.717, 1.165) is 24.8 Å². The van der Waals surface area contributed by atoms with Crippen LogP contribution in [0.3, 0.4) is 0 Å². The molecule has 0 bridgehead atoms. The van der Waals surface area contributed by atoms with Gasteiger partial charge in [0.1, 0.15) is 23.4 Å². The van der Waals surface area contributed by atoms with Gasteiger partial charge in [0.2, 0.25) is 11.8 Å². The van der Waals surface area contributed by atoms with Gasteiger partial charge in [0, 0.05) is 51.6 Å². The highest BCUT2D eigenvalue weighted by Gasteiger charge is 2.35. The number of Topliss-reactive ketones (excluding diaryl/α,β-unsaturated/α-hetero) is 1. The largest absolute Gasteiger partial charge is 0.496 e. The first-order valence-electron chi connectivity index (χ1n) is 16.8. The van der Waals surface area contributed by atoms with Gasteiger partial charge in [-0.3, -0.25) is 19.8 Å². The van der Waals surface area contributed by atoms with Crippen molar-refractivity contribution in [1.82, 2.24) is 10.2 Å². The number of carbonyl (C=O) groups is 3. The van der Waals surface area contributed by atoms with Crippen molar-refractivity contribution in [3.8, 4) is 5.75 Å². The zero-order valence-corrected chi connectivity index (χ0v) is 30.2. The number of likely N-dealkylation sites (tertiary alicyclic amines) is 1. The number of nitrogen functional groups attached to an aromatic ring is 1. The minimum atomic E-state index is -4.08. The Morgan fingerprint density at radius 2 is 1.65 bits per heavy atom. The molecule has 1 fully saturated rings. The third-order valence-electron chi connectivity index (χ3n) is 8.94. The maximum atomic E-state index is 14.1. The normalized spacial score (nSPS) is 14.6. The van der Waals surface area contributed by atoms with Crippen LogP contribution in [0.25, 0.3) is 0 Å². The predicted molar refractivity (Wildman–Crippen MR) is 188 cm³/mol. The summed E-state index contributed by atoms with van der Waals surface area (Å²) in [6, 6.07) is 7.51. The Morgan fingerprint density at radius 3 is 2.27 bits per heavy atom. The molecule has 0 spiro atoms. The van der Waals surface area contributed by atoms with E-state index in [1.807, 2.05) is 0 Å². The standard InChI is InChI=1S/C36H52N4O8S/c1-24-20-32(47-5)25(2)26(3)33(24)49(44,45)23-29(22-30(41)10-9-17-48-19-18-46-4)35(42)39-31(36(43)40-15-7-6-8-16-40)21-27-11-13-28(14-12-27)34(37)38/h11-14,20,29,31H,6-10,15-19,21-23H2,1-5H3,(H3,37,38)(H,39,42). The molecule has 2 aromatic carbocycles. The summed E-state index contributed by atoms with van der Waals surface area (Å²) in [5, 5.41) is 10.5. The van der Waals surface area contributed by atoms with E-state index in [2.05, 4.69) is 5.32 Å². The fourth-order valence-electron chi connectivity index (χ4n) is 6.16. The molecule has 0 aromatic heterocycles. The van der Waals surface area contributed by atoms with Crippen LogP contribution >= 0.6 is 0 Å². The molecule has 2 unspecified atom stereocenters. The lowest BCUT2D eigenvalue weighted by Crippen LogP contribution is -2.52. The Labute approximate surface area is 290 Å². The Hall–Kier alpha value is -3.81. The SMILES string of the molecule is COCCOCCCC(=O)CC(CS(=O)(=O)c1c(C)cc(OC)c(C)c1C)C(=O)NC(Cc1ccc(C(=N)N)cc1)C(=O)N1CCCCC1. The summed E-state index contributed by atoms with van der Waals surface area (Å²) in [5.41, 5.74) is 8.53. The number of hydrogen-bond acceptors (Lipinski definition) is 9. The van der Waals surface area contributed by atoms with Gasteiger partial charge in [0.05, 0.1) is 36.9 Å². The van der Waals surface area contributed by atoms with Crippen LogP contribution in [0.1, 0.15) is 66.3 Å². The zero-order chi connectivity index (χ0) is 36.1. The minimum Gasteiger partial charge on any atom is -0.496 e. The lowest BCUT2D eigenvalue weighted by molar-refractivity contribution is -0.138. The highest BCUT2D eigenvalue weighted by molar-refractivity contribution is 7.91. The average molecular weight is 701 g/mol. The number of ketones is 1. The molecular weight excluding hydrogens is 648 g/mol. The van der Waals surface area contributed by atoms with E-state index >= 15 is 0 Å². The van der Waals surface area contributed by atoms with E-state index in [0.29, 0.717) is 67.3 Å². The van der Waals surface area contributed by atoms with Gasteiger partial charge in [0.25, 0.3) is 0 Å². The molecule has 2 aromatic rings. The fourth-order valence-corrected chi connectivity index (χ4v) is 8.30. The van der Waals surface area contributed by atoms with Gasteiger partial charge in [-0.1, -0.05) is 24.3 Å². The molecule has 3 rings (SSSR count). The summed E-state index contributed by atoms with van der Waals surface area (Å²) in [6.45, 7) is 7.41. The van der Waals surface area contributed by atoms with Crippen molar-refractivity contribution in [2.75, 3.05) is 52.9 Å². The summed E-state index contributed by atoms with van der Waals surface area (Å²) < 4.78 is 44.0. The number of methoxy groups -OCH3 is 2. The Kier molecular flexibility index (Phi) is 15.2. The summed E-state index contributed by atoms with van der Waals surface area (Å²) in [6.07, 6.45) is 3.06. The number of amidine groups is 1. The quantitative estimate of drug-likeness (QED) is 0.113. The highest BCUT2D eigenvalue weighted by Crippen LogP contribution is 2.32. The van der Waals surface area contributed by atoms with Gasteiger partial charge in [0.15, 0.2) is 9.84 Å². The molecule has 1 saturated heterocycles. The van der Waals surface area contributed by atoms with Gasteiger partial charge in [-0.25, -0.2) is 8.42 Å². The molecule has 1 aliphatic rings. The number of carbonyl (C=O) groups excluding carboxylic acids is 3. The van der Waals surface area contributed by atoms with E-state index in [1.165, 1.54) is 7.11 Å². The van der Waals surface area contributed by atoms with Crippen LogP contribution in [-0.2, 0) is 40.1 Å². The van der Waals surface area contributed by atoms with E-state index < -0.39 is 33.5 Å². The van der Waals surface area contributed by atoms with Crippen molar-refractivity contribution >= 4 is 33.3 Å². The maximum absolute atomic E-state index is 14.1. The molecule has 12 nitrogen and oxygen atoms in total. The molecule has 1 heterocycles. The second kappa shape index (κ2) is 18.8. The molecule has 0 saturated carbocycles. The number of benzene rings is 2. The second-order valence-electron chi connectivity index (χ2n) is 12.7. The Bertz CT molecular complexity index is 1570. The van der Waals surface area contributed by atoms with E-state index in [4.69, 9.17) is 25.4 Å². The number of rotatable bonds is 19. The number of hydrogen-bond donors (Lipinski definition) is 3. The van der Waals surface area contributed by atoms with Crippen molar-refractivity contribution in [2.24, 2.45) is 11.7 Å². The number of nitrogens with two attached hydrogens (primary N) is 1. The topological polar surface area (TPSA) is 178 Å². The summed E-state index contributed by atoms with van der Waals surface area (Å²) in [5.74, 6) is -2.60. The van der Waals surface area contributed by atoms with Gasteiger partial charge < -0.3 is 30.2 Å². The first-order valence-corrected chi connectivity index (χ1v) is 18.4. The number of amides is 2. The smallest absolute Gasteiger partial charge is 0.245 e. The zero-order valence-electron chi connectivity index (χ0n) is 29.4. The van der Waals surface area contributed by atoms with Gasteiger partial charge in [-0.05, 0) is 74.8 Å². The number of sulfone groups is 1. The third kappa shape index (κ3) is 11.4. The molecule has 49 heavy (non-hydrogen) atoms. The third-order valence-corrected chi connectivity index (χ3v) is 11.0. The first-order chi connectivity index (χ1) is 23.3. The van der Waals surface area contributed by atoms with Crippen molar-refractivity contribution < 1.29 is 37.0 Å². The van der Waals surface area contributed by atoms with Crippen LogP contribution < -0.4 is 15.8 Å². The number of aryl methyl sites for hydroxylation is 1. The van der Waals surface area contributed by atoms with Crippen molar-refractivity contribution in [3.05, 3.63) is 58.1 Å². The molecule has 2 amide bonds. The number of nitrogens with zero attached hydrogens (tertiary/aromatic N) is 1. The molecule has 0 aliphatic carbocycles. The summed E-state index contributed by atoms with van der Waals surface area (Å²) in [7, 11) is -0.993. The van der Waals surface area contributed by atoms with Crippen LogP contribution in [0, 0.1) is 32.1 Å². The van der Waals surface area contributed by atoms with Gasteiger partial charge in [-0.15, -0.1) is 0 Å². The highest BCUT2D eigenvalue weighted by atomic mass is 32.2. The molecular formula is C36H52N4O8S. The number of ether oxygens (including phenoxy) is 3. The lowest BCUT2D eigenvalue weighted by Gasteiger charge is -2.31. The minimum absolute atomic E-state index is 0.0893. The summed E-state index contributed by atoms with van der Waals surface area (Å²) in [4.78, 5) is 43.0. The first kappa shape index (κ1) is 39.6. The van der Waals surface area contributed by atoms with Crippen LogP contribution in [0.15, 0.2) is 35.2 Å². The molecule has 1 aliphatic heterocycles. The number of piperidine rings is 1.